The molecule has 8 heteroatoms. The molecule has 0 aliphatic rings. The summed E-state index contributed by atoms with van der Waals surface area (Å²) in [5.74, 6) is -1.00. The zero-order valence-corrected chi connectivity index (χ0v) is 9.94. The smallest absolute Gasteiger partial charge is 1.00 e. The van der Waals surface area contributed by atoms with E-state index in [-0.39, 0.29) is 51.6 Å². The molecule has 0 aliphatic carbocycles. The summed E-state index contributed by atoms with van der Waals surface area (Å²) in [5, 5.41) is 9.89. The van der Waals surface area contributed by atoms with Crippen LogP contribution in [0.4, 0.5) is 0 Å². The number of quaternary nitrogens is 1. The summed E-state index contributed by atoms with van der Waals surface area (Å²) in [4.78, 5) is 9.89. The SMILES string of the molecule is C[N+](C)(C)CC(=O)[O-].[F-].[F-].[F-].[F-].[Zr+4]. The van der Waals surface area contributed by atoms with Gasteiger partial charge in [0.1, 0.15) is 6.54 Å². The molecule has 0 unspecified atom stereocenters. The van der Waals surface area contributed by atoms with Crippen LogP contribution in [-0.2, 0) is 31.0 Å². The van der Waals surface area contributed by atoms with Crippen LogP contribution in [0.1, 0.15) is 0 Å². The summed E-state index contributed by atoms with van der Waals surface area (Å²) < 4.78 is 0.419. The first-order valence-electron chi connectivity index (χ1n) is 2.42. The Hall–Kier alpha value is 0.0331. The molecule has 80 valence electrons. The second-order valence-corrected chi connectivity index (χ2v) is 2.82. The minimum absolute atomic E-state index is 0. The molecule has 0 heterocycles. The fraction of sp³-hybridized carbons (Fsp3) is 0.800. The van der Waals surface area contributed by atoms with E-state index in [0.717, 1.165) is 0 Å². The molecule has 0 aromatic rings. The molecule has 0 aromatic carbocycles. The summed E-state index contributed by atoms with van der Waals surface area (Å²) in [6, 6.07) is 0. The van der Waals surface area contributed by atoms with Crippen LogP contribution in [-0.4, -0.2) is 38.1 Å². The predicted molar refractivity (Wildman–Crippen MR) is 27.9 cm³/mol. The summed E-state index contributed by atoms with van der Waals surface area (Å²) in [6.45, 7) is 0.0694. The number of carbonyl (C=O) groups is 1. The first kappa shape index (κ1) is 38.2. The molecule has 0 rings (SSSR count). The standard InChI is InChI=1S/C5H11NO2.4FH.Zr/c1-6(2,3)4-5(7)8;;;;;/h4H2,1-3H3;4*1H;/q;;;;;+4/p-4. The van der Waals surface area contributed by atoms with Gasteiger partial charge in [0.25, 0.3) is 0 Å². The van der Waals surface area contributed by atoms with Crippen molar-refractivity contribution >= 4 is 5.97 Å². The van der Waals surface area contributed by atoms with Crippen LogP contribution in [0.15, 0.2) is 0 Å². The van der Waals surface area contributed by atoms with E-state index in [9.17, 15) is 9.90 Å². The molecule has 0 aliphatic heterocycles. The second-order valence-electron chi connectivity index (χ2n) is 2.82. The van der Waals surface area contributed by atoms with Crippen molar-refractivity contribution < 1.29 is 59.4 Å². The zero-order chi connectivity index (χ0) is 6.78. The number of carboxylic acids is 1. The average molecular weight is 284 g/mol. The van der Waals surface area contributed by atoms with E-state index in [1.807, 2.05) is 0 Å². The van der Waals surface area contributed by atoms with E-state index in [1.54, 1.807) is 21.1 Å². The van der Waals surface area contributed by atoms with Crippen LogP contribution >= 0.6 is 0 Å². The fourth-order valence-electron chi connectivity index (χ4n) is 0.387. The maximum absolute atomic E-state index is 9.89. The van der Waals surface area contributed by atoms with E-state index in [4.69, 9.17) is 0 Å². The van der Waals surface area contributed by atoms with Gasteiger partial charge in [0.15, 0.2) is 0 Å². The summed E-state index contributed by atoms with van der Waals surface area (Å²) in [6.07, 6.45) is 0. The van der Waals surface area contributed by atoms with Gasteiger partial charge in [-0.05, 0) is 0 Å². The van der Waals surface area contributed by atoms with Crippen molar-refractivity contribution in [2.24, 2.45) is 0 Å². The Kier molecular flexibility index (Phi) is 42.7. The number of hydrogen-bond donors (Lipinski definition) is 0. The molecule has 0 saturated heterocycles. The third kappa shape index (κ3) is 47.8. The Morgan fingerprint density at radius 3 is 1.31 bits per heavy atom. The van der Waals surface area contributed by atoms with Crippen LogP contribution in [0.3, 0.4) is 0 Å². The molecule has 0 atom stereocenters. The number of likely N-dealkylation sites (N-methyl/N-ethyl adjacent to an activating group) is 1. The van der Waals surface area contributed by atoms with Crippen molar-refractivity contribution in [3.05, 3.63) is 0 Å². The first-order chi connectivity index (χ1) is 3.42. The molecule has 0 bridgehead atoms. The monoisotopic (exact) mass is 283 g/mol. The van der Waals surface area contributed by atoms with E-state index >= 15 is 0 Å². The van der Waals surface area contributed by atoms with Gasteiger partial charge in [-0.2, -0.15) is 0 Å². The third-order valence-corrected chi connectivity index (χ3v) is 0.603. The summed E-state index contributed by atoms with van der Waals surface area (Å²) >= 11 is 0. The molecule has 0 aromatic heterocycles. The van der Waals surface area contributed by atoms with Gasteiger partial charge in [-0.15, -0.1) is 0 Å². The van der Waals surface area contributed by atoms with Crippen molar-refractivity contribution in [2.75, 3.05) is 27.7 Å². The molecule has 13 heavy (non-hydrogen) atoms. The van der Waals surface area contributed by atoms with Gasteiger partial charge in [-0.25, -0.2) is 0 Å². The van der Waals surface area contributed by atoms with Crippen LogP contribution in [0.5, 0.6) is 0 Å². The number of rotatable bonds is 2. The van der Waals surface area contributed by atoms with Crippen LogP contribution in [0.2, 0.25) is 0 Å². The number of hydrogen-bond acceptors (Lipinski definition) is 2. The van der Waals surface area contributed by atoms with Crippen molar-refractivity contribution in [3.63, 3.8) is 0 Å². The fourth-order valence-corrected chi connectivity index (χ4v) is 0.387. The van der Waals surface area contributed by atoms with E-state index in [0.29, 0.717) is 4.48 Å². The topological polar surface area (TPSA) is 40.1 Å². The summed E-state index contributed by atoms with van der Waals surface area (Å²) in [7, 11) is 5.40. The van der Waals surface area contributed by atoms with Crippen molar-refractivity contribution in [3.8, 4) is 0 Å². The molecule has 0 radical (unpaired) electrons. The third-order valence-electron chi connectivity index (χ3n) is 0.603. The molecule has 0 saturated carbocycles. The first-order valence-corrected chi connectivity index (χ1v) is 2.42. The quantitative estimate of drug-likeness (QED) is 0.373. The Morgan fingerprint density at radius 2 is 1.31 bits per heavy atom. The maximum atomic E-state index is 9.89. The largest absolute Gasteiger partial charge is 4.00 e. The number of nitrogens with zero attached hydrogens (tertiary/aromatic N) is 1. The number of aliphatic carboxylic acids is 1. The minimum Gasteiger partial charge on any atom is -1.00 e. The van der Waals surface area contributed by atoms with Gasteiger partial charge < -0.3 is 33.2 Å². The van der Waals surface area contributed by atoms with Gasteiger partial charge in [0.2, 0.25) is 0 Å². The van der Waals surface area contributed by atoms with E-state index in [1.165, 1.54) is 0 Å². The van der Waals surface area contributed by atoms with Crippen LogP contribution < -0.4 is 23.9 Å². The molecule has 0 spiro atoms. The minimum atomic E-state index is -1.00. The van der Waals surface area contributed by atoms with Gasteiger partial charge in [-0.1, -0.05) is 0 Å². The van der Waals surface area contributed by atoms with Crippen molar-refractivity contribution in [1.29, 1.82) is 0 Å². The molecule has 0 fully saturated rings. The van der Waals surface area contributed by atoms with Gasteiger partial charge >= 0.3 is 26.2 Å². The summed E-state index contributed by atoms with van der Waals surface area (Å²) in [5.41, 5.74) is 0. The van der Waals surface area contributed by atoms with Gasteiger partial charge in [-0.3, -0.25) is 0 Å². The van der Waals surface area contributed by atoms with Crippen molar-refractivity contribution in [1.82, 2.24) is 0 Å². The number of halogens is 4. The Morgan fingerprint density at radius 1 is 1.08 bits per heavy atom. The van der Waals surface area contributed by atoms with E-state index in [2.05, 4.69) is 0 Å². The molecule has 3 nitrogen and oxygen atoms in total. The van der Waals surface area contributed by atoms with Crippen LogP contribution in [0.25, 0.3) is 0 Å². The zero-order valence-electron chi connectivity index (χ0n) is 7.48. The predicted octanol–water partition coefficient (Wildman–Crippen LogP) is -13.5. The second kappa shape index (κ2) is 14.6. The van der Waals surface area contributed by atoms with Crippen LogP contribution in [0, 0.1) is 0 Å². The Balaban J connectivity index is -0.0000000245. The molecule has 0 N–H and O–H groups in total. The Bertz CT molecular complexity index is 109. The molecular formula is C5H11F4NO2Zr. The van der Waals surface area contributed by atoms with Gasteiger partial charge in [0, 0.05) is 0 Å². The number of carbonyl (C=O) groups excluding carboxylic acids is 1. The van der Waals surface area contributed by atoms with Gasteiger partial charge in [0.05, 0.1) is 27.1 Å². The Labute approximate surface area is 93.3 Å². The average Bonchev–Trinajstić information content (AvgIpc) is 1.21. The molecule has 0 amide bonds. The van der Waals surface area contributed by atoms with Crippen molar-refractivity contribution in [2.45, 2.75) is 0 Å². The normalized spacial score (nSPS) is 7.00. The number of carboxylic acid groups (broad SMARTS) is 1. The maximum Gasteiger partial charge on any atom is 4.00 e. The molecular weight excluding hydrogens is 273 g/mol. The van der Waals surface area contributed by atoms with E-state index < -0.39 is 5.97 Å².